The van der Waals surface area contributed by atoms with Gasteiger partial charge in [0.1, 0.15) is 11.5 Å². The van der Waals surface area contributed by atoms with Gasteiger partial charge in [-0.15, -0.1) is 0 Å². The summed E-state index contributed by atoms with van der Waals surface area (Å²) in [6, 6.07) is 11.2. The molecule has 3 aromatic carbocycles. The molecule has 182 valence electrons. The molecule has 3 aromatic rings. The summed E-state index contributed by atoms with van der Waals surface area (Å²) in [5.74, 6) is -1.96. The zero-order chi connectivity index (χ0) is 25.5. The molecule has 0 bridgehead atoms. The Bertz CT molecular complexity index is 1280. The van der Waals surface area contributed by atoms with Gasteiger partial charge in [-0.05, 0) is 72.2 Å². The lowest BCUT2D eigenvalue weighted by Gasteiger charge is -2.35. The molecule has 0 aromatic heterocycles. The van der Waals surface area contributed by atoms with E-state index < -0.39 is 17.5 Å². The van der Waals surface area contributed by atoms with Crippen LogP contribution in [0.15, 0.2) is 42.5 Å². The number of benzene rings is 3. The maximum absolute atomic E-state index is 13.4. The molecule has 0 radical (unpaired) electrons. The number of fused-ring (bicyclic) bond motifs is 1. The third-order valence-corrected chi connectivity index (χ3v) is 7.06. The molecular weight excluding hydrogens is 444 g/mol. The van der Waals surface area contributed by atoms with E-state index in [-0.39, 0.29) is 22.6 Å². The zero-order valence-corrected chi connectivity index (χ0v) is 20.4. The number of carbonyl (C=O) groups is 2. The van der Waals surface area contributed by atoms with Crippen molar-refractivity contribution in [1.82, 2.24) is 0 Å². The highest BCUT2D eigenvalue weighted by atomic mass is 16.6. The third kappa shape index (κ3) is 3.55. The summed E-state index contributed by atoms with van der Waals surface area (Å²) < 4.78 is 6.22. The highest BCUT2D eigenvalue weighted by Gasteiger charge is 2.53. The van der Waals surface area contributed by atoms with E-state index in [0.29, 0.717) is 42.4 Å². The second-order valence-electron chi connectivity index (χ2n) is 8.75. The SMILES string of the molecule is CCc1ccc(O)c(C2(c3c(O)ccc(CC)c3CC)OC(=O)c3cc(C(=O)O)ccc32)c1CC. The van der Waals surface area contributed by atoms with Gasteiger partial charge >= 0.3 is 11.9 Å². The molecule has 0 unspecified atom stereocenters. The van der Waals surface area contributed by atoms with Crippen molar-refractivity contribution < 1.29 is 29.6 Å². The molecule has 0 aliphatic carbocycles. The molecule has 0 saturated carbocycles. The lowest BCUT2D eigenvalue weighted by molar-refractivity contribution is 0.0234. The topological polar surface area (TPSA) is 104 Å². The maximum Gasteiger partial charge on any atom is 0.340 e. The number of phenols is 2. The molecule has 6 nitrogen and oxygen atoms in total. The standard InChI is InChI=1S/C29H30O6/c1-5-16-10-13-23(30)25(19(16)7-3)29(26-20(8-4)17(6-2)11-14-24(26)31)22-12-9-18(27(32)33)15-21(22)28(34)35-29/h9-15,30-31H,5-8H2,1-4H3,(H,32,33). The summed E-state index contributed by atoms with van der Waals surface area (Å²) in [7, 11) is 0. The Kier molecular flexibility index (Phi) is 6.32. The summed E-state index contributed by atoms with van der Waals surface area (Å²) in [5, 5.41) is 32.1. The largest absolute Gasteiger partial charge is 0.507 e. The Morgan fingerprint density at radius 1 is 0.800 bits per heavy atom. The molecule has 0 atom stereocenters. The average molecular weight is 475 g/mol. The van der Waals surface area contributed by atoms with Crippen molar-refractivity contribution in [2.75, 3.05) is 0 Å². The van der Waals surface area contributed by atoms with Gasteiger partial charge in [-0.3, -0.25) is 0 Å². The molecule has 0 spiro atoms. The highest BCUT2D eigenvalue weighted by molar-refractivity contribution is 6.00. The van der Waals surface area contributed by atoms with Crippen molar-refractivity contribution in [2.45, 2.75) is 59.0 Å². The minimum atomic E-state index is -1.63. The number of cyclic esters (lactones) is 1. The molecule has 0 amide bonds. The van der Waals surface area contributed by atoms with E-state index in [4.69, 9.17) is 4.74 Å². The number of carbonyl (C=O) groups excluding carboxylic acids is 1. The van der Waals surface area contributed by atoms with Gasteiger partial charge in [-0.25, -0.2) is 9.59 Å². The Labute approximate surface area is 204 Å². The lowest BCUT2D eigenvalue weighted by Crippen LogP contribution is -2.33. The first-order chi connectivity index (χ1) is 16.7. The fourth-order valence-electron chi connectivity index (χ4n) is 5.51. The van der Waals surface area contributed by atoms with Crippen LogP contribution in [0, 0.1) is 0 Å². The van der Waals surface area contributed by atoms with Crippen LogP contribution >= 0.6 is 0 Å². The summed E-state index contributed by atoms with van der Waals surface area (Å²) in [5.41, 5.74) is 3.32. The van der Waals surface area contributed by atoms with Crippen LogP contribution in [0.2, 0.25) is 0 Å². The molecular formula is C29H30O6. The normalized spacial score (nSPS) is 14.0. The minimum Gasteiger partial charge on any atom is -0.507 e. The van der Waals surface area contributed by atoms with Crippen LogP contribution in [-0.2, 0) is 36.0 Å². The number of aromatic carboxylic acids is 1. The fraction of sp³-hybridized carbons (Fsp3) is 0.310. The van der Waals surface area contributed by atoms with Crippen LogP contribution in [0.1, 0.15) is 87.4 Å². The Balaban J connectivity index is 2.25. The van der Waals surface area contributed by atoms with Crippen LogP contribution in [-0.4, -0.2) is 27.3 Å². The summed E-state index contributed by atoms with van der Waals surface area (Å²) >= 11 is 0. The van der Waals surface area contributed by atoms with Crippen LogP contribution in [0.4, 0.5) is 0 Å². The second-order valence-corrected chi connectivity index (χ2v) is 8.75. The Morgan fingerprint density at radius 2 is 1.31 bits per heavy atom. The number of hydrogen-bond acceptors (Lipinski definition) is 5. The average Bonchev–Trinajstić information content (AvgIpc) is 3.15. The zero-order valence-electron chi connectivity index (χ0n) is 20.4. The first kappa shape index (κ1) is 24.3. The molecule has 6 heteroatoms. The van der Waals surface area contributed by atoms with Gasteiger partial charge in [0.05, 0.1) is 22.3 Å². The van der Waals surface area contributed by atoms with Gasteiger partial charge in [0.25, 0.3) is 0 Å². The third-order valence-electron chi connectivity index (χ3n) is 7.06. The molecule has 0 fully saturated rings. The van der Waals surface area contributed by atoms with E-state index in [1.807, 2.05) is 39.8 Å². The summed E-state index contributed by atoms with van der Waals surface area (Å²) in [6.45, 7) is 7.98. The number of rotatable bonds is 7. The smallest absolute Gasteiger partial charge is 0.340 e. The molecule has 4 rings (SSSR count). The minimum absolute atomic E-state index is 0.0407. The highest BCUT2D eigenvalue weighted by Crippen LogP contribution is 2.55. The van der Waals surface area contributed by atoms with Gasteiger partial charge in [0.15, 0.2) is 5.60 Å². The van der Waals surface area contributed by atoms with Crippen LogP contribution in [0.5, 0.6) is 11.5 Å². The number of phenolic OH excluding ortho intramolecular Hbond substituents is 2. The number of aryl methyl sites for hydroxylation is 2. The molecule has 0 saturated heterocycles. The number of aromatic hydroxyl groups is 2. The van der Waals surface area contributed by atoms with Crippen LogP contribution in [0.3, 0.4) is 0 Å². The first-order valence-electron chi connectivity index (χ1n) is 12.0. The van der Waals surface area contributed by atoms with E-state index >= 15 is 0 Å². The molecule has 1 aliphatic rings. The monoisotopic (exact) mass is 474 g/mol. The number of ether oxygens (including phenoxy) is 1. The van der Waals surface area contributed by atoms with Gasteiger partial charge in [0.2, 0.25) is 0 Å². The van der Waals surface area contributed by atoms with E-state index in [9.17, 15) is 24.9 Å². The van der Waals surface area contributed by atoms with E-state index in [1.165, 1.54) is 12.1 Å². The fourth-order valence-corrected chi connectivity index (χ4v) is 5.51. The number of carboxylic acid groups (broad SMARTS) is 1. The molecule has 1 heterocycles. The van der Waals surface area contributed by atoms with E-state index in [2.05, 4.69) is 0 Å². The van der Waals surface area contributed by atoms with Crippen molar-refractivity contribution in [3.8, 4) is 11.5 Å². The molecule has 3 N–H and O–H groups in total. The Hall–Kier alpha value is -3.80. The van der Waals surface area contributed by atoms with Gasteiger partial charge in [-0.2, -0.15) is 0 Å². The summed E-state index contributed by atoms with van der Waals surface area (Å²) in [6.07, 6.45) is 2.52. The predicted octanol–water partition coefficient (Wildman–Crippen LogP) is 5.51. The first-order valence-corrected chi connectivity index (χ1v) is 12.0. The van der Waals surface area contributed by atoms with E-state index in [1.54, 1.807) is 18.2 Å². The predicted molar refractivity (Wildman–Crippen MR) is 132 cm³/mol. The Morgan fingerprint density at radius 3 is 1.74 bits per heavy atom. The van der Waals surface area contributed by atoms with Crippen molar-refractivity contribution in [3.63, 3.8) is 0 Å². The number of hydrogen-bond donors (Lipinski definition) is 3. The van der Waals surface area contributed by atoms with Crippen molar-refractivity contribution in [1.29, 1.82) is 0 Å². The van der Waals surface area contributed by atoms with Crippen molar-refractivity contribution >= 4 is 11.9 Å². The number of carboxylic acids is 1. The quantitative estimate of drug-likeness (QED) is 0.390. The van der Waals surface area contributed by atoms with Crippen LogP contribution in [0.25, 0.3) is 0 Å². The molecule has 35 heavy (non-hydrogen) atoms. The van der Waals surface area contributed by atoms with Crippen LogP contribution < -0.4 is 0 Å². The van der Waals surface area contributed by atoms with Gasteiger partial charge in [0, 0.05) is 5.56 Å². The lowest BCUT2D eigenvalue weighted by atomic mass is 9.72. The van der Waals surface area contributed by atoms with Crippen molar-refractivity contribution in [2.24, 2.45) is 0 Å². The van der Waals surface area contributed by atoms with E-state index in [0.717, 1.165) is 22.3 Å². The maximum atomic E-state index is 13.4. The van der Waals surface area contributed by atoms with Crippen molar-refractivity contribution in [3.05, 3.63) is 92.5 Å². The number of esters is 1. The molecule has 1 aliphatic heterocycles. The summed E-state index contributed by atoms with van der Waals surface area (Å²) in [4.78, 5) is 25.0. The van der Waals surface area contributed by atoms with Gasteiger partial charge < -0.3 is 20.1 Å². The second kappa shape index (κ2) is 9.10. The van der Waals surface area contributed by atoms with Gasteiger partial charge in [-0.1, -0.05) is 45.9 Å².